The number of piperazine rings is 1. The highest BCUT2D eigenvalue weighted by Crippen LogP contribution is 2.25. The van der Waals surface area contributed by atoms with Gasteiger partial charge in [-0.1, -0.05) is 42.5 Å². The second kappa shape index (κ2) is 11.5. The molecule has 8 heteroatoms. The summed E-state index contributed by atoms with van der Waals surface area (Å²) in [5, 5.41) is 3.07. The molecular weight excluding hydrogens is 480 g/mol. The molecule has 38 heavy (non-hydrogen) atoms. The first-order chi connectivity index (χ1) is 18.5. The standard InChI is InChI=1S/C30H32N4O4/c1-38-24-13-11-23(12-14-24)32-17-19-33(20-18-32)27(28(35)31-21-22-7-3-2-4-8-22)15-16-34-29(36)25-9-5-6-10-26(25)30(34)37/h2-14,27H,15-21H2,1H3,(H,31,35). The fourth-order valence-corrected chi connectivity index (χ4v) is 5.16. The van der Waals surface area contributed by atoms with Gasteiger partial charge >= 0.3 is 0 Å². The summed E-state index contributed by atoms with van der Waals surface area (Å²) in [4.78, 5) is 45.0. The van der Waals surface area contributed by atoms with Crippen LogP contribution in [0.4, 0.5) is 5.69 Å². The maximum absolute atomic E-state index is 13.5. The lowest BCUT2D eigenvalue weighted by Crippen LogP contribution is -2.55. The molecule has 0 saturated carbocycles. The summed E-state index contributed by atoms with van der Waals surface area (Å²) in [5.41, 5.74) is 2.98. The van der Waals surface area contributed by atoms with E-state index in [2.05, 4.69) is 15.1 Å². The number of nitrogens with one attached hydrogen (secondary N) is 1. The molecule has 0 bridgehead atoms. The molecule has 1 saturated heterocycles. The van der Waals surface area contributed by atoms with Crippen LogP contribution in [0.3, 0.4) is 0 Å². The van der Waals surface area contributed by atoms with Gasteiger partial charge < -0.3 is 15.0 Å². The van der Waals surface area contributed by atoms with Crippen molar-refractivity contribution in [1.82, 2.24) is 15.1 Å². The Balaban J connectivity index is 1.26. The van der Waals surface area contributed by atoms with E-state index in [4.69, 9.17) is 4.74 Å². The van der Waals surface area contributed by atoms with Gasteiger partial charge in [0, 0.05) is 45.0 Å². The van der Waals surface area contributed by atoms with Crippen LogP contribution in [0.15, 0.2) is 78.9 Å². The summed E-state index contributed by atoms with van der Waals surface area (Å²) >= 11 is 0. The zero-order valence-corrected chi connectivity index (χ0v) is 21.5. The Kier molecular flexibility index (Phi) is 7.70. The first-order valence-electron chi connectivity index (χ1n) is 12.9. The van der Waals surface area contributed by atoms with Crippen molar-refractivity contribution in [2.24, 2.45) is 0 Å². The van der Waals surface area contributed by atoms with E-state index in [0.717, 1.165) is 30.1 Å². The van der Waals surface area contributed by atoms with Crippen molar-refractivity contribution in [3.63, 3.8) is 0 Å². The van der Waals surface area contributed by atoms with Crippen molar-refractivity contribution in [1.29, 1.82) is 0 Å². The van der Waals surface area contributed by atoms with Gasteiger partial charge in [0.25, 0.3) is 11.8 Å². The fraction of sp³-hybridized carbons (Fsp3) is 0.300. The molecule has 3 aromatic carbocycles. The molecular formula is C30H32N4O4. The molecule has 3 aromatic rings. The number of carbonyl (C=O) groups excluding carboxylic acids is 3. The van der Waals surface area contributed by atoms with Crippen molar-refractivity contribution >= 4 is 23.4 Å². The highest BCUT2D eigenvalue weighted by molar-refractivity contribution is 6.21. The van der Waals surface area contributed by atoms with E-state index in [9.17, 15) is 14.4 Å². The first kappa shape index (κ1) is 25.5. The number of nitrogens with zero attached hydrogens (tertiary/aromatic N) is 3. The van der Waals surface area contributed by atoms with Gasteiger partial charge in [-0.25, -0.2) is 0 Å². The molecule has 1 unspecified atom stereocenters. The van der Waals surface area contributed by atoms with E-state index < -0.39 is 6.04 Å². The summed E-state index contributed by atoms with van der Waals surface area (Å²) < 4.78 is 5.27. The highest BCUT2D eigenvalue weighted by atomic mass is 16.5. The number of imide groups is 1. The average molecular weight is 513 g/mol. The zero-order chi connectivity index (χ0) is 26.5. The van der Waals surface area contributed by atoms with Gasteiger partial charge in [-0.2, -0.15) is 0 Å². The molecule has 0 radical (unpaired) electrons. The lowest BCUT2D eigenvalue weighted by atomic mass is 10.1. The highest BCUT2D eigenvalue weighted by Gasteiger charge is 2.37. The van der Waals surface area contributed by atoms with Crippen LogP contribution in [0.5, 0.6) is 5.75 Å². The fourth-order valence-electron chi connectivity index (χ4n) is 5.16. The summed E-state index contributed by atoms with van der Waals surface area (Å²) in [5.74, 6) is 0.135. The van der Waals surface area contributed by atoms with Gasteiger partial charge in [-0.15, -0.1) is 0 Å². The van der Waals surface area contributed by atoms with E-state index in [1.807, 2.05) is 54.6 Å². The van der Waals surface area contributed by atoms with Crippen molar-refractivity contribution in [3.05, 3.63) is 95.6 Å². The summed E-state index contributed by atoms with van der Waals surface area (Å²) in [7, 11) is 1.65. The SMILES string of the molecule is COc1ccc(N2CCN(C(CCN3C(=O)c4ccccc4C3=O)C(=O)NCc3ccccc3)CC2)cc1. The smallest absolute Gasteiger partial charge is 0.261 e. The monoisotopic (exact) mass is 512 g/mol. The van der Waals surface area contributed by atoms with Crippen LogP contribution in [-0.2, 0) is 11.3 Å². The maximum Gasteiger partial charge on any atom is 0.261 e. The molecule has 0 aliphatic carbocycles. The van der Waals surface area contributed by atoms with E-state index >= 15 is 0 Å². The Bertz CT molecular complexity index is 1250. The number of rotatable bonds is 9. The Morgan fingerprint density at radius 2 is 1.45 bits per heavy atom. The van der Waals surface area contributed by atoms with Crippen LogP contribution in [0.2, 0.25) is 0 Å². The number of hydrogen-bond acceptors (Lipinski definition) is 6. The third kappa shape index (κ3) is 5.40. The van der Waals surface area contributed by atoms with Crippen molar-refractivity contribution in [3.8, 4) is 5.75 Å². The average Bonchev–Trinajstić information content (AvgIpc) is 3.22. The summed E-state index contributed by atoms with van der Waals surface area (Å²) in [6, 6.07) is 24.2. The molecule has 2 heterocycles. The minimum absolute atomic E-state index is 0.0941. The third-order valence-corrected chi connectivity index (χ3v) is 7.31. The van der Waals surface area contributed by atoms with Crippen molar-refractivity contribution < 1.29 is 19.1 Å². The topological polar surface area (TPSA) is 82.2 Å². The maximum atomic E-state index is 13.5. The first-order valence-corrected chi connectivity index (χ1v) is 12.9. The van der Waals surface area contributed by atoms with Gasteiger partial charge in [-0.05, 0) is 48.4 Å². The molecule has 1 atom stereocenters. The van der Waals surface area contributed by atoms with Crippen LogP contribution in [0.1, 0.15) is 32.7 Å². The van der Waals surface area contributed by atoms with Crippen LogP contribution >= 0.6 is 0 Å². The van der Waals surface area contributed by atoms with Gasteiger partial charge in [-0.3, -0.25) is 24.2 Å². The molecule has 3 amide bonds. The van der Waals surface area contributed by atoms with Crippen LogP contribution < -0.4 is 15.0 Å². The molecule has 1 fully saturated rings. The Labute approximate surface area is 222 Å². The van der Waals surface area contributed by atoms with Gasteiger partial charge in [0.15, 0.2) is 0 Å². The number of anilines is 1. The molecule has 2 aliphatic rings. The number of benzene rings is 3. The molecule has 5 rings (SSSR count). The van der Waals surface area contributed by atoms with E-state index in [0.29, 0.717) is 37.2 Å². The Morgan fingerprint density at radius 3 is 2.05 bits per heavy atom. The van der Waals surface area contributed by atoms with Gasteiger partial charge in [0.2, 0.25) is 5.91 Å². The normalized spacial score (nSPS) is 16.3. The lowest BCUT2D eigenvalue weighted by Gasteiger charge is -2.40. The number of fused-ring (bicyclic) bond motifs is 1. The molecule has 8 nitrogen and oxygen atoms in total. The molecule has 0 spiro atoms. The molecule has 2 aliphatic heterocycles. The van der Waals surface area contributed by atoms with Gasteiger partial charge in [0.05, 0.1) is 24.3 Å². The number of ether oxygens (including phenoxy) is 1. The predicted octanol–water partition coefficient (Wildman–Crippen LogP) is 3.19. The Morgan fingerprint density at radius 1 is 0.842 bits per heavy atom. The summed E-state index contributed by atoms with van der Waals surface area (Å²) in [6.07, 6.45) is 0.370. The minimum atomic E-state index is -0.457. The zero-order valence-electron chi connectivity index (χ0n) is 21.5. The van der Waals surface area contributed by atoms with Crippen molar-refractivity contribution in [2.45, 2.75) is 19.0 Å². The van der Waals surface area contributed by atoms with Gasteiger partial charge in [0.1, 0.15) is 5.75 Å². The van der Waals surface area contributed by atoms with Crippen LogP contribution in [-0.4, -0.2) is 73.4 Å². The van der Waals surface area contributed by atoms with Crippen molar-refractivity contribution in [2.75, 3.05) is 44.7 Å². The van der Waals surface area contributed by atoms with E-state index in [-0.39, 0.29) is 24.3 Å². The van der Waals surface area contributed by atoms with E-state index in [1.165, 1.54) is 4.90 Å². The quantitative estimate of drug-likeness (QED) is 0.444. The van der Waals surface area contributed by atoms with Crippen LogP contribution in [0.25, 0.3) is 0 Å². The summed E-state index contributed by atoms with van der Waals surface area (Å²) in [6.45, 7) is 3.53. The number of carbonyl (C=O) groups is 3. The molecule has 0 aromatic heterocycles. The largest absolute Gasteiger partial charge is 0.497 e. The molecule has 196 valence electrons. The number of hydrogen-bond donors (Lipinski definition) is 1. The number of methoxy groups -OCH3 is 1. The van der Waals surface area contributed by atoms with E-state index in [1.54, 1.807) is 31.4 Å². The second-order valence-corrected chi connectivity index (χ2v) is 9.54. The molecule has 1 N–H and O–H groups in total. The lowest BCUT2D eigenvalue weighted by molar-refractivity contribution is -0.127. The third-order valence-electron chi connectivity index (χ3n) is 7.31. The number of amides is 3. The second-order valence-electron chi connectivity index (χ2n) is 9.54. The van der Waals surface area contributed by atoms with Crippen LogP contribution in [0, 0.1) is 0 Å². The Hall–Kier alpha value is -4.17. The predicted molar refractivity (Wildman–Crippen MR) is 145 cm³/mol. The minimum Gasteiger partial charge on any atom is -0.497 e.